The molecule has 0 spiro atoms. The van der Waals surface area contributed by atoms with Crippen molar-refractivity contribution in [1.82, 2.24) is 19.7 Å². The molecule has 0 bridgehead atoms. The summed E-state index contributed by atoms with van der Waals surface area (Å²) in [5, 5.41) is 6.88. The Balaban J connectivity index is 1.54. The Hall–Kier alpha value is -3.48. The Morgan fingerprint density at radius 3 is 2.61 bits per heavy atom. The van der Waals surface area contributed by atoms with Gasteiger partial charge in [-0.3, -0.25) is 19.3 Å². The molecule has 1 atom stereocenters. The summed E-state index contributed by atoms with van der Waals surface area (Å²) in [5.74, 6) is -0.130. The zero-order valence-electron chi connectivity index (χ0n) is 15.9. The highest BCUT2D eigenvalue weighted by atomic mass is 16.2. The Morgan fingerprint density at radius 1 is 1.14 bits per heavy atom. The Kier molecular flexibility index (Phi) is 6.16. The minimum absolute atomic E-state index is 0.0477. The smallest absolute Gasteiger partial charge is 0.274 e. The van der Waals surface area contributed by atoms with E-state index in [-0.39, 0.29) is 24.3 Å². The molecule has 0 radical (unpaired) electrons. The summed E-state index contributed by atoms with van der Waals surface area (Å²) in [7, 11) is 1.79. The van der Waals surface area contributed by atoms with Crippen molar-refractivity contribution >= 4 is 17.5 Å². The number of pyridine rings is 1. The fourth-order valence-electron chi connectivity index (χ4n) is 2.87. The summed E-state index contributed by atoms with van der Waals surface area (Å²) in [5.41, 5.74) is 2.03. The standard InChI is InChI=1S/C21H23N5O2/c1-16(17-8-4-3-5-9-17)13-25(2)20(27)15-26-14-18(12-23-26)24-21(28)19-10-6-7-11-22-19/h3-12,14,16H,13,15H2,1-2H3,(H,24,28)/t16-/m0/s1. The average molecular weight is 377 g/mol. The fourth-order valence-corrected chi connectivity index (χ4v) is 2.87. The second-order valence-electron chi connectivity index (χ2n) is 6.68. The average Bonchev–Trinajstić information content (AvgIpc) is 3.15. The summed E-state index contributed by atoms with van der Waals surface area (Å²) in [6.45, 7) is 2.82. The molecule has 2 amide bonds. The van der Waals surface area contributed by atoms with Crippen molar-refractivity contribution in [2.45, 2.75) is 19.4 Å². The van der Waals surface area contributed by atoms with Crippen molar-refractivity contribution < 1.29 is 9.59 Å². The number of amides is 2. The number of carbonyl (C=O) groups excluding carboxylic acids is 2. The molecule has 2 aromatic heterocycles. The molecule has 2 heterocycles. The molecule has 28 heavy (non-hydrogen) atoms. The lowest BCUT2D eigenvalue weighted by Crippen LogP contribution is -2.33. The van der Waals surface area contributed by atoms with E-state index >= 15 is 0 Å². The minimum Gasteiger partial charge on any atom is -0.344 e. The third kappa shape index (κ3) is 5.03. The normalized spacial score (nSPS) is 11.6. The lowest BCUT2D eigenvalue weighted by atomic mass is 10.0. The molecule has 7 nitrogen and oxygen atoms in total. The summed E-state index contributed by atoms with van der Waals surface area (Å²) in [6.07, 6.45) is 4.71. The van der Waals surface area contributed by atoms with E-state index in [1.54, 1.807) is 42.5 Å². The number of nitrogens with one attached hydrogen (secondary N) is 1. The molecular formula is C21H23N5O2. The first-order valence-corrected chi connectivity index (χ1v) is 9.06. The van der Waals surface area contributed by atoms with Crippen LogP contribution in [0.3, 0.4) is 0 Å². The van der Waals surface area contributed by atoms with Crippen LogP contribution in [0.25, 0.3) is 0 Å². The van der Waals surface area contributed by atoms with Crippen molar-refractivity contribution in [3.63, 3.8) is 0 Å². The number of anilines is 1. The van der Waals surface area contributed by atoms with Gasteiger partial charge in [0, 0.05) is 26.0 Å². The van der Waals surface area contributed by atoms with Crippen LogP contribution in [0.5, 0.6) is 0 Å². The maximum atomic E-state index is 12.5. The number of aromatic nitrogens is 3. The van der Waals surface area contributed by atoms with Crippen LogP contribution in [0, 0.1) is 0 Å². The summed E-state index contributed by atoms with van der Waals surface area (Å²) < 4.78 is 1.51. The largest absolute Gasteiger partial charge is 0.344 e. The van der Waals surface area contributed by atoms with E-state index in [4.69, 9.17) is 0 Å². The predicted molar refractivity (Wildman–Crippen MR) is 107 cm³/mol. The molecule has 0 saturated carbocycles. The van der Waals surface area contributed by atoms with Crippen LogP contribution in [0.15, 0.2) is 67.1 Å². The predicted octanol–water partition coefficient (Wildman–Crippen LogP) is 2.79. The van der Waals surface area contributed by atoms with E-state index in [1.807, 2.05) is 18.2 Å². The molecule has 1 aromatic carbocycles. The van der Waals surface area contributed by atoms with Crippen molar-refractivity contribution in [2.24, 2.45) is 0 Å². The number of hydrogen-bond acceptors (Lipinski definition) is 4. The van der Waals surface area contributed by atoms with Crippen LogP contribution in [-0.4, -0.2) is 45.1 Å². The van der Waals surface area contributed by atoms with Gasteiger partial charge in [0.05, 0.1) is 11.9 Å². The molecule has 0 aliphatic carbocycles. The van der Waals surface area contributed by atoms with E-state index < -0.39 is 0 Å². The zero-order chi connectivity index (χ0) is 19.9. The summed E-state index contributed by atoms with van der Waals surface area (Å²) in [4.78, 5) is 30.3. The highest BCUT2D eigenvalue weighted by Crippen LogP contribution is 2.15. The topological polar surface area (TPSA) is 80.1 Å². The number of rotatable bonds is 7. The molecule has 1 N–H and O–H groups in total. The van der Waals surface area contributed by atoms with Gasteiger partial charge in [0.25, 0.3) is 5.91 Å². The van der Waals surface area contributed by atoms with Crippen LogP contribution in [-0.2, 0) is 11.3 Å². The number of benzene rings is 1. The van der Waals surface area contributed by atoms with Gasteiger partial charge >= 0.3 is 0 Å². The molecule has 3 rings (SSSR count). The summed E-state index contributed by atoms with van der Waals surface area (Å²) >= 11 is 0. The fraction of sp³-hybridized carbons (Fsp3) is 0.238. The Morgan fingerprint density at radius 2 is 1.89 bits per heavy atom. The van der Waals surface area contributed by atoms with E-state index in [1.165, 1.54) is 16.4 Å². The first kappa shape index (κ1) is 19.3. The van der Waals surface area contributed by atoms with Crippen LogP contribution in [0.1, 0.15) is 28.9 Å². The van der Waals surface area contributed by atoms with Crippen molar-refractivity contribution in [1.29, 1.82) is 0 Å². The van der Waals surface area contributed by atoms with Gasteiger partial charge in [0.15, 0.2) is 0 Å². The molecule has 0 fully saturated rings. The van der Waals surface area contributed by atoms with Gasteiger partial charge in [-0.1, -0.05) is 43.3 Å². The number of likely N-dealkylation sites (N-methyl/N-ethyl adjacent to an activating group) is 1. The number of nitrogens with zero attached hydrogens (tertiary/aromatic N) is 4. The van der Waals surface area contributed by atoms with Gasteiger partial charge in [-0.05, 0) is 23.6 Å². The van der Waals surface area contributed by atoms with Crippen molar-refractivity contribution in [3.05, 3.63) is 78.4 Å². The Bertz CT molecular complexity index is 924. The van der Waals surface area contributed by atoms with Crippen molar-refractivity contribution in [3.8, 4) is 0 Å². The van der Waals surface area contributed by atoms with Crippen LogP contribution in [0.4, 0.5) is 5.69 Å². The molecule has 3 aromatic rings. The second-order valence-corrected chi connectivity index (χ2v) is 6.68. The van der Waals surface area contributed by atoms with Crippen LogP contribution in [0.2, 0.25) is 0 Å². The van der Waals surface area contributed by atoms with Gasteiger partial charge in [0.1, 0.15) is 12.2 Å². The quantitative estimate of drug-likeness (QED) is 0.687. The number of hydrogen-bond donors (Lipinski definition) is 1. The highest BCUT2D eigenvalue weighted by molar-refractivity contribution is 6.02. The third-order valence-corrected chi connectivity index (χ3v) is 4.43. The highest BCUT2D eigenvalue weighted by Gasteiger charge is 2.15. The maximum Gasteiger partial charge on any atom is 0.274 e. The van der Waals surface area contributed by atoms with Crippen LogP contribution < -0.4 is 5.32 Å². The molecule has 0 aliphatic rings. The van der Waals surface area contributed by atoms with Gasteiger partial charge in [-0.2, -0.15) is 5.10 Å². The third-order valence-electron chi connectivity index (χ3n) is 4.43. The molecule has 7 heteroatoms. The molecular weight excluding hydrogens is 354 g/mol. The van der Waals surface area contributed by atoms with Gasteiger partial charge in [0.2, 0.25) is 5.91 Å². The van der Waals surface area contributed by atoms with E-state index in [2.05, 4.69) is 34.5 Å². The van der Waals surface area contributed by atoms with Gasteiger partial charge in [-0.25, -0.2) is 0 Å². The maximum absolute atomic E-state index is 12.5. The molecule has 0 saturated heterocycles. The minimum atomic E-state index is -0.319. The SMILES string of the molecule is C[C@@H](CN(C)C(=O)Cn1cc(NC(=O)c2ccccn2)cn1)c1ccccc1. The lowest BCUT2D eigenvalue weighted by molar-refractivity contribution is -0.130. The lowest BCUT2D eigenvalue weighted by Gasteiger charge is -2.22. The molecule has 0 unspecified atom stereocenters. The van der Waals surface area contributed by atoms with E-state index in [0.29, 0.717) is 17.9 Å². The van der Waals surface area contributed by atoms with Crippen LogP contribution >= 0.6 is 0 Å². The first-order chi connectivity index (χ1) is 13.5. The van der Waals surface area contributed by atoms with E-state index in [0.717, 1.165) is 0 Å². The summed E-state index contributed by atoms with van der Waals surface area (Å²) in [6, 6.07) is 15.2. The molecule has 0 aliphatic heterocycles. The molecule has 144 valence electrons. The van der Waals surface area contributed by atoms with Gasteiger partial charge < -0.3 is 10.2 Å². The number of carbonyl (C=O) groups is 2. The van der Waals surface area contributed by atoms with E-state index in [9.17, 15) is 9.59 Å². The monoisotopic (exact) mass is 377 g/mol. The van der Waals surface area contributed by atoms with Gasteiger partial charge in [-0.15, -0.1) is 0 Å². The zero-order valence-corrected chi connectivity index (χ0v) is 15.9. The second kappa shape index (κ2) is 8.94. The Labute approximate surface area is 164 Å². The van der Waals surface area contributed by atoms with Crippen molar-refractivity contribution in [2.75, 3.05) is 18.9 Å². The first-order valence-electron chi connectivity index (χ1n) is 9.06.